The van der Waals surface area contributed by atoms with Gasteiger partial charge in [-0.3, -0.25) is 9.59 Å². The number of hydrogen-bond acceptors (Lipinski definition) is 5. The van der Waals surface area contributed by atoms with E-state index >= 15 is 0 Å². The summed E-state index contributed by atoms with van der Waals surface area (Å²) in [6.45, 7) is 5.84. The predicted molar refractivity (Wildman–Crippen MR) is 136 cm³/mol. The average Bonchev–Trinajstić information content (AvgIpc) is 3.22. The molecule has 0 bridgehead atoms. The van der Waals surface area contributed by atoms with E-state index in [2.05, 4.69) is 20.8 Å². The molecule has 0 atom stereocenters. The second-order valence-corrected chi connectivity index (χ2v) is 8.80. The molecule has 7 nitrogen and oxygen atoms in total. The number of pyridine rings is 1. The minimum absolute atomic E-state index is 0.271. The van der Waals surface area contributed by atoms with Crippen LogP contribution in [0.25, 0.3) is 10.9 Å². The van der Waals surface area contributed by atoms with E-state index in [0.717, 1.165) is 51.0 Å². The highest BCUT2D eigenvalue weighted by Crippen LogP contribution is 2.31. The number of hydrogen-bond donors (Lipinski definition) is 2. The molecule has 1 aliphatic rings. The van der Waals surface area contributed by atoms with Crippen LogP contribution in [0.3, 0.4) is 0 Å². The van der Waals surface area contributed by atoms with Gasteiger partial charge in [0.25, 0.3) is 11.8 Å². The molecule has 2 aromatic heterocycles. The van der Waals surface area contributed by atoms with E-state index in [1.54, 1.807) is 6.07 Å². The van der Waals surface area contributed by atoms with Crippen LogP contribution in [-0.2, 0) is 6.42 Å². The molecule has 2 N–H and O–H groups in total. The zero-order chi connectivity index (χ0) is 24.5. The maximum absolute atomic E-state index is 13.1. The van der Waals surface area contributed by atoms with E-state index < -0.39 is 0 Å². The van der Waals surface area contributed by atoms with Gasteiger partial charge in [-0.25, -0.2) is 10.4 Å². The molecule has 5 rings (SSSR count). The molecule has 0 saturated heterocycles. The summed E-state index contributed by atoms with van der Waals surface area (Å²) in [5, 5.41) is 8.34. The number of nitrogens with one attached hydrogen (secondary N) is 2. The molecule has 0 aliphatic heterocycles. The third-order valence-corrected chi connectivity index (χ3v) is 6.51. The number of benzene rings is 2. The molecular weight excluding hydrogens is 440 g/mol. The Kier molecular flexibility index (Phi) is 5.91. The van der Waals surface area contributed by atoms with Gasteiger partial charge in [0.15, 0.2) is 5.76 Å². The lowest BCUT2D eigenvalue weighted by atomic mass is 9.93. The van der Waals surface area contributed by atoms with E-state index in [0.29, 0.717) is 24.2 Å². The number of aryl methyl sites for hydroxylation is 2. The fourth-order valence-electron chi connectivity index (χ4n) is 4.43. The van der Waals surface area contributed by atoms with Gasteiger partial charge in [-0.05, 0) is 62.9 Å². The number of fused-ring (bicyclic) bond motifs is 2. The Morgan fingerprint density at radius 2 is 1.74 bits per heavy atom. The van der Waals surface area contributed by atoms with Gasteiger partial charge >= 0.3 is 0 Å². The minimum Gasteiger partial charge on any atom is -0.455 e. The van der Waals surface area contributed by atoms with Crippen molar-refractivity contribution in [2.75, 3.05) is 5.32 Å². The second-order valence-electron chi connectivity index (χ2n) is 8.80. The largest absolute Gasteiger partial charge is 0.455 e. The second kappa shape index (κ2) is 9.18. The Morgan fingerprint density at radius 1 is 0.914 bits per heavy atom. The third kappa shape index (κ3) is 4.33. The lowest BCUT2D eigenvalue weighted by molar-refractivity contribution is 0.0949. The highest BCUT2D eigenvalue weighted by atomic mass is 16.4. The van der Waals surface area contributed by atoms with Gasteiger partial charge in [0.05, 0.1) is 11.2 Å². The molecule has 0 radical (unpaired) electrons. The maximum atomic E-state index is 13.1. The Hall–Kier alpha value is -4.26. The Labute approximate surface area is 203 Å². The summed E-state index contributed by atoms with van der Waals surface area (Å²) in [7, 11) is 0. The van der Waals surface area contributed by atoms with Crippen molar-refractivity contribution in [3.63, 3.8) is 0 Å². The third-order valence-electron chi connectivity index (χ3n) is 6.51. The van der Waals surface area contributed by atoms with Gasteiger partial charge < -0.3 is 9.73 Å². The van der Waals surface area contributed by atoms with E-state index in [1.807, 2.05) is 69.3 Å². The van der Waals surface area contributed by atoms with Crippen molar-refractivity contribution in [1.82, 2.24) is 10.4 Å². The van der Waals surface area contributed by atoms with E-state index in [9.17, 15) is 9.59 Å². The van der Waals surface area contributed by atoms with Crippen molar-refractivity contribution in [2.24, 2.45) is 5.10 Å². The van der Waals surface area contributed by atoms with Gasteiger partial charge in [0.2, 0.25) is 0 Å². The van der Waals surface area contributed by atoms with Crippen molar-refractivity contribution in [1.29, 1.82) is 0 Å². The van der Waals surface area contributed by atoms with E-state index in [1.165, 1.54) is 0 Å². The maximum Gasteiger partial charge on any atom is 0.291 e. The van der Waals surface area contributed by atoms with Crippen LogP contribution in [0.4, 0.5) is 5.69 Å². The zero-order valence-corrected chi connectivity index (χ0v) is 19.9. The Bertz CT molecular complexity index is 1500. The topological polar surface area (TPSA) is 96.6 Å². The highest BCUT2D eigenvalue weighted by Gasteiger charge is 2.28. The molecular formula is C28H26N4O3. The van der Waals surface area contributed by atoms with E-state index in [-0.39, 0.29) is 17.6 Å². The molecule has 0 spiro atoms. The number of carbonyl (C=O) groups excluding carboxylic acids is 2. The molecule has 0 saturated carbocycles. The van der Waals surface area contributed by atoms with Crippen LogP contribution in [0.2, 0.25) is 0 Å². The number of rotatable bonds is 4. The summed E-state index contributed by atoms with van der Waals surface area (Å²) in [6, 6.07) is 17.0. The number of nitrogens with zero attached hydrogens (tertiary/aromatic N) is 2. The van der Waals surface area contributed by atoms with Crippen LogP contribution in [0, 0.1) is 20.8 Å². The number of hydrazone groups is 1. The van der Waals surface area contributed by atoms with Crippen LogP contribution in [0.15, 0.2) is 64.1 Å². The standard InChI is InChI=1S/C28H26N4O3/c1-16-8-6-11-20(17(16)2)30-28(34)26-18(3)25-22(12-7-13-24(25)35-26)31-32-27(33)23-15-14-19-9-4-5-10-21(19)29-23/h4-6,8-11,14-15H,7,12-13H2,1-3H3,(H,30,34)(H,32,33)/b31-22+. The summed E-state index contributed by atoms with van der Waals surface area (Å²) >= 11 is 0. The van der Waals surface area contributed by atoms with Gasteiger partial charge in [-0.1, -0.05) is 36.4 Å². The first-order valence-corrected chi connectivity index (χ1v) is 11.7. The lowest BCUT2D eigenvalue weighted by Gasteiger charge is -2.13. The monoisotopic (exact) mass is 466 g/mol. The fraction of sp³-hybridized carbons (Fsp3) is 0.214. The normalized spacial score (nSPS) is 14.1. The van der Waals surface area contributed by atoms with Crippen molar-refractivity contribution in [3.8, 4) is 0 Å². The quantitative estimate of drug-likeness (QED) is 0.390. The molecule has 1 aliphatic carbocycles. The molecule has 2 heterocycles. The number of para-hydroxylation sites is 1. The SMILES string of the molecule is Cc1cccc(NC(=O)c2oc3c(c2C)/C(=N/NC(=O)c2ccc4ccccc4n2)CCC3)c1C. The van der Waals surface area contributed by atoms with Crippen molar-refractivity contribution in [3.05, 3.63) is 94.1 Å². The van der Waals surface area contributed by atoms with Gasteiger partial charge in [0.1, 0.15) is 11.5 Å². The number of amides is 2. The molecule has 0 unspecified atom stereocenters. The number of furan rings is 1. The molecule has 2 aromatic carbocycles. The first-order chi connectivity index (χ1) is 16.9. The van der Waals surface area contributed by atoms with E-state index in [4.69, 9.17) is 4.42 Å². The number of aromatic nitrogens is 1. The molecule has 2 amide bonds. The molecule has 176 valence electrons. The van der Waals surface area contributed by atoms with Crippen molar-refractivity contribution < 1.29 is 14.0 Å². The van der Waals surface area contributed by atoms with Crippen molar-refractivity contribution >= 4 is 34.1 Å². The highest BCUT2D eigenvalue weighted by molar-refractivity contribution is 6.09. The Morgan fingerprint density at radius 3 is 2.60 bits per heavy atom. The van der Waals surface area contributed by atoms with Crippen molar-refractivity contribution in [2.45, 2.75) is 40.0 Å². The number of carbonyl (C=O) groups is 2. The molecule has 7 heteroatoms. The minimum atomic E-state index is -0.385. The van der Waals surface area contributed by atoms with Crippen LogP contribution < -0.4 is 10.7 Å². The van der Waals surface area contributed by atoms with Crippen LogP contribution in [0.1, 0.15) is 61.9 Å². The number of anilines is 1. The van der Waals surface area contributed by atoms with Crippen LogP contribution >= 0.6 is 0 Å². The summed E-state index contributed by atoms with van der Waals surface area (Å²) < 4.78 is 5.99. The summed E-state index contributed by atoms with van der Waals surface area (Å²) in [6.07, 6.45) is 2.21. The van der Waals surface area contributed by atoms with Gasteiger partial charge in [-0.15, -0.1) is 0 Å². The fourth-order valence-corrected chi connectivity index (χ4v) is 4.43. The van der Waals surface area contributed by atoms with Gasteiger partial charge in [0, 0.05) is 28.6 Å². The van der Waals surface area contributed by atoms with Gasteiger partial charge in [-0.2, -0.15) is 5.10 Å². The smallest absolute Gasteiger partial charge is 0.291 e. The molecule has 0 fully saturated rings. The lowest BCUT2D eigenvalue weighted by Crippen LogP contribution is -2.23. The van der Waals surface area contributed by atoms with Crippen LogP contribution in [-0.4, -0.2) is 22.5 Å². The summed E-state index contributed by atoms with van der Waals surface area (Å²) in [5.74, 6) is 0.309. The Balaban J connectivity index is 1.39. The summed E-state index contributed by atoms with van der Waals surface area (Å²) in [5.41, 5.74) is 8.78. The molecule has 35 heavy (non-hydrogen) atoms. The molecule has 4 aromatic rings. The predicted octanol–water partition coefficient (Wildman–Crippen LogP) is 5.48. The first kappa shape index (κ1) is 22.5. The average molecular weight is 467 g/mol. The summed E-state index contributed by atoms with van der Waals surface area (Å²) in [4.78, 5) is 30.2. The van der Waals surface area contributed by atoms with Crippen LogP contribution in [0.5, 0.6) is 0 Å². The first-order valence-electron chi connectivity index (χ1n) is 11.7. The zero-order valence-electron chi connectivity index (χ0n) is 19.9.